The summed E-state index contributed by atoms with van der Waals surface area (Å²) in [4.78, 5) is 64.9. The number of hydrogen-bond acceptors (Lipinski definition) is 12. The molecule has 0 saturated carbocycles. The molecule has 4 heterocycles. The fourth-order valence-corrected chi connectivity index (χ4v) is 6.07. The second-order valence-electron chi connectivity index (χ2n) is 8.78. The molecule has 2 aliphatic rings. The number of aromatic nitrogens is 6. The number of hydrogen-bond donors (Lipinski definition) is 5. The van der Waals surface area contributed by atoms with Gasteiger partial charge < -0.3 is 20.8 Å². The van der Waals surface area contributed by atoms with Gasteiger partial charge in [-0.2, -0.15) is 5.10 Å². The van der Waals surface area contributed by atoms with Crippen molar-refractivity contribution in [1.29, 1.82) is 0 Å². The van der Waals surface area contributed by atoms with Crippen molar-refractivity contribution in [3.63, 3.8) is 0 Å². The number of aryl methyl sites for hydroxylation is 1. The van der Waals surface area contributed by atoms with Crippen molar-refractivity contribution in [2.75, 3.05) is 5.75 Å². The topological polar surface area (TPSA) is 225 Å². The minimum absolute atomic E-state index is 0.0716. The molecule has 1 fully saturated rings. The third-order valence-corrected chi connectivity index (χ3v) is 8.01. The molecule has 18 heteroatoms. The molecule has 2 unspecified atom stereocenters. The van der Waals surface area contributed by atoms with Crippen molar-refractivity contribution in [2.24, 2.45) is 7.05 Å². The van der Waals surface area contributed by atoms with Gasteiger partial charge in [-0.25, -0.2) is 14.6 Å². The molecule has 2 aromatic heterocycles. The molecule has 5 rings (SSSR count). The minimum atomic E-state index is -1.39. The summed E-state index contributed by atoms with van der Waals surface area (Å²) in [6.45, 7) is 0. The highest BCUT2D eigenvalue weighted by molar-refractivity contribution is 8.00. The van der Waals surface area contributed by atoms with E-state index in [1.165, 1.54) is 60.0 Å². The maximum atomic E-state index is 13.4. The van der Waals surface area contributed by atoms with Gasteiger partial charge in [-0.1, -0.05) is 24.4 Å². The lowest BCUT2D eigenvalue weighted by molar-refractivity contribution is -0.150. The normalized spacial score (nSPS) is 18.7. The number of H-pyrrole nitrogens is 1. The van der Waals surface area contributed by atoms with Crippen molar-refractivity contribution >= 4 is 52.5 Å². The van der Waals surface area contributed by atoms with Crippen LogP contribution < -0.4 is 16.2 Å². The van der Waals surface area contributed by atoms with Gasteiger partial charge in [0.25, 0.3) is 17.4 Å². The number of phenolic OH excluding ortho intramolecular Hbond substituents is 1. The van der Waals surface area contributed by atoms with Gasteiger partial charge in [-0.15, -0.1) is 16.9 Å². The first-order chi connectivity index (χ1) is 19.6. The molecule has 1 aromatic carbocycles. The van der Waals surface area contributed by atoms with Crippen LogP contribution in [0, 0.1) is 0 Å². The fourth-order valence-electron chi connectivity index (χ4n) is 4.28. The number of carbonyl (C=O) groups is 4. The van der Waals surface area contributed by atoms with E-state index in [1.807, 2.05) is 0 Å². The molecule has 1 saturated heterocycles. The summed E-state index contributed by atoms with van der Waals surface area (Å²) < 4.78 is 1.28. The lowest BCUT2D eigenvalue weighted by Crippen LogP contribution is -2.71. The van der Waals surface area contributed by atoms with Crippen LogP contribution in [0.4, 0.5) is 0 Å². The monoisotopic (exact) mass is 597 g/mol. The Morgan fingerprint density at radius 2 is 1.93 bits per heavy atom. The molecule has 210 valence electrons. The highest BCUT2D eigenvalue weighted by Crippen LogP contribution is 2.41. The van der Waals surface area contributed by atoms with Crippen LogP contribution in [0.5, 0.6) is 5.75 Å². The molecular weight excluding hydrogens is 578 g/mol. The number of aliphatic carboxylic acids is 1. The van der Waals surface area contributed by atoms with E-state index >= 15 is 0 Å². The van der Waals surface area contributed by atoms with Crippen LogP contribution >= 0.6 is 24.0 Å². The zero-order valence-corrected chi connectivity index (χ0v) is 22.5. The quantitative estimate of drug-likeness (QED) is 0.115. The van der Waals surface area contributed by atoms with Gasteiger partial charge in [-0.3, -0.25) is 24.1 Å². The van der Waals surface area contributed by atoms with Crippen molar-refractivity contribution < 1.29 is 29.4 Å². The zero-order chi connectivity index (χ0) is 29.4. The maximum Gasteiger partial charge on any atom is 0.353 e. The first kappa shape index (κ1) is 27.6. The van der Waals surface area contributed by atoms with Gasteiger partial charge in [0.2, 0.25) is 5.91 Å². The molecule has 3 amide bonds. The number of fused-ring (bicyclic) bond motifs is 1. The van der Waals surface area contributed by atoms with E-state index in [0.717, 1.165) is 4.90 Å². The summed E-state index contributed by atoms with van der Waals surface area (Å²) in [5.74, 6) is -3.62. The number of thioether (sulfide) groups is 1. The lowest BCUT2D eigenvalue weighted by Gasteiger charge is -2.49. The highest BCUT2D eigenvalue weighted by Gasteiger charge is 2.55. The fraction of sp³-hybridized carbons (Fsp3) is 0.217. The molecule has 2 aliphatic heterocycles. The second-order valence-corrected chi connectivity index (χ2v) is 10.3. The van der Waals surface area contributed by atoms with Crippen molar-refractivity contribution in [2.45, 2.75) is 17.5 Å². The summed E-state index contributed by atoms with van der Waals surface area (Å²) in [6, 6.07) is 4.04. The number of nitrogens with one attached hydrogen (secondary N) is 3. The van der Waals surface area contributed by atoms with Gasteiger partial charge in [0.05, 0.1) is 4.86 Å². The number of benzene rings is 1. The average Bonchev–Trinajstić information content (AvgIpc) is 3.39. The SMILES string of the molecule is Cn1nnnc1C(=S)C1=C(C(=O)O)N2C(=O)C(NC(=O)C(NC(=O)c3ccn[nH]c3=O)c3ccc(O)cc3)[C@@H]2SC1. The Kier molecular flexibility index (Phi) is 7.33. The Morgan fingerprint density at radius 3 is 2.56 bits per heavy atom. The van der Waals surface area contributed by atoms with Crippen LogP contribution in [0.2, 0.25) is 0 Å². The Bertz CT molecular complexity index is 1680. The summed E-state index contributed by atoms with van der Waals surface area (Å²) in [5, 5.41) is 40.6. The van der Waals surface area contributed by atoms with Crippen LogP contribution in [0.25, 0.3) is 0 Å². The van der Waals surface area contributed by atoms with Gasteiger partial charge >= 0.3 is 5.97 Å². The number of nitrogens with zero attached hydrogens (tertiary/aromatic N) is 6. The van der Waals surface area contributed by atoms with Gasteiger partial charge in [-0.05, 0) is 34.2 Å². The molecule has 0 aliphatic carbocycles. The predicted octanol–water partition coefficient (Wildman–Crippen LogP) is -1.37. The summed E-state index contributed by atoms with van der Waals surface area (Å²) in [7, 11) is 1.54. The van der Waals surface area contributed by atoms with Gasteiger partial charge in [0.1, 0.15) is 34.5 Å². The molecule has 41 heavy (non-hydrogen) atoms. The zero-order valence-electron chi connectivity index (χ0n) is 20.8. The van der Waals surface area contributed by atoms with Crippen LogP contribution in [0.1, 0.15) is 27.8 Å². The number of aromatic amines is 1. The third kappa shape index (κ3) is 5.05. The van der Waals surface area contributed by atoms with E-state index in [0.29, 0.717) is 0 Å². The van der Waals surface area contributed by atoms with E-state index < -0.39 is 46.7 Å². The van der Waals surface area contributed by atoms with Crippen molar-refractivity contribution in [3.8, 4) is 5.75 Å². The molecule has 16 nitrogen and oxygen atoms in total. The Hall–Kier alpha value is -4.97. The highest BCUT2D eigenvalue weighted by atomic mass is 32.2. The number of carbonyl (C=O) groups excluding carboxylic acids is 3. The van der Waals surface area contributed by atoms with Crippen LogP contribution in [-0.2, 0) is 21.4 Å². The number of thiocarbonyl (C=S) groups is 1. The Labute approximate surface area is 238 Å². The summed E-state index contributed by atoms with van der Waals surface area (Å²) in [6.07, 6.45) is 1.20. The molecular formula is C23H19N9O7S2. The second kappa shape index (κ2) is 10.9. The van der Waals surface area contributed by atoms with E-state index in [1.54, 1.807) is 0 Å². The first-order valence-electron chi connectivity index (χ1n) is 11.7. The number of β-lactam (4-membered cyclic amide) rings is 1. The standard InChI is InChI=1S/C23H19N9O7S2/c1-31-17(27-29-30-31)16(40)12-8-41-22-14(21(37)32(22)15(12)23(38)39)26-20(36)13(9-2-4-10(33)5-3-9)25-18(34)11-6-7-24-28-19(11)35/h2-7,13-14,22,33H,8H2,1H3,(H,25,34)(H,26,36)(H,28,35)(H,38,39)/t13?,14?,22-/m0/s1. The number of aromatic hydroxyl groups is 1. The van der Waals surface area contributed by atoms with Crippen LogP contribution in [-0.4, -0.2) is 91.2 Å². The van der Waals surface area contributed by atoms with E-state index in [4.69, 9.17) is 12.2 Å². The van der Waals surface area contributed by atoms with Gasteiger partial charge in [0.15, 0.2) is 5.82 Å². The number of tetrazole rings is 1. The molecule has 0 bridgehead atoms. The largest absolute Gasteiger partial charge is 0.508 e. The summed E-state index contributed by atoms with van der Waals surface area (Å²) >= 11 is 6.61. The molecule has 5 N–H and O–H groups in total. The summed E-state index contributed by atoms with van der Waals surface area (Å²) in [5.41, 5.74) is -0.991. The molecule has 3 aromatic rings. The number of amides is 3. The first-order valence-corrected chi connectivity index (χ1v) is 13.2. The van der Waals surface area contributed by atoms with E-state index in [-0.39, 0.29) is 44.6 Å². The Balaban J connectivity index is 1.39. The third-order valence-electron chi connectivity index (χ3n) is 6.30. The van der Waals surface area contributed by atoms with Crippen molar-refractivity contribution in [3.05, 3.63) is 75.1 Å². The Morgan fingerprint density at radius 1 is 1.20 bits per heavy atom. The van der Waals surface area contributed by atoms with E-state index in [9.17, 15) is 34.2 Å². The number of rotatable bonds is 8. The van der Waals surface area contributed by atoms with Crippen LogP contribution in [0.15, 0.2) is 52.6 Å². The predicted molar refractivity (Wildman–Crippen MR) is 143 cm³/mol. The van der Waals surface area contributed by atoms with Crippen LogP contribution in [0.3, 0.4) is 0 Å². The smallest absolute Gasteiger partial charge is 0.353 e. The average molecular weight is 598 g/mol. The van der Waals surface area contributed by atoms with Gasteiger partial charge in [0, 0.05) is 24.6 Å². The molecule has 0 spiro atoms. The maximum absolute atomic E-state index is 13.4. The van der Waals surface area contributed by atoms with E-state index in [2.05, 4.69) is 36.4 Å². The molecule has 3 atom stereocenters. The number of carboxylic acids is 1. The number of phenols is 1. The number of carboxylic acid groups (broad SMARTS) is 1. The minimum Gasteiger partial charge on any atom is -0.508 e. The van der Waals surface area contributed by atoms with Crippen molar-refractivity contribution in [1.82, 2.24) is 45.9 Å². The lowest BCUT2D eigenvalue weighted by atomic mass is 9.99. The molecule has 0 radical (unpaired) electrons.